The van der Waals surface area contributed by atoms with Crippen LogP contribution in [0.15, 0.2) is 24.5 Å². The van der Waals surface area contributed by atoms with Crippen molar-refractivity contribution in [2.24, 2.45) is 0 Å². The van der Waals surface area contributed by atoms with Gasteiger partial charge in [0, 0.05) is 18.1 Å². The van der Waals surface area contributed by atoms with Crippen LogP contribution in [0.1, 0.15) is 62.2 Å². The lowest BCUT2D eigenvalue weighted by molar-refractivity contribution is 0.0944. The van der Waals surface area contributed by atoms with Crippen molar-refractivity contribution in [2.75, 3.05) is 5.75 Å². The third-order valence-electron chi connectivity index (χ3n) is 3.18. The molecule has 0 aliphatic heterocycles. The second kappa shape index (κ2) is 12.4. The Balaban J connectivity index is 2.01. The van der Waals surface area contributed by atoms with Gasteiger partial charge in [0.15, 0.2) is 4.32 Å². The lowest BCUT2D eigenvalue weighted by atomic mass is 10.1. The highest BCUT2D eigenvalue weighted by atomic mass is 32.2. The largest absolute Gasteiger partial charge is 0.283 e. The number of nitrogens with one attached hydrogen (secondary N) is 2. The Morgan fingerprint density at radius 2 is 1.91 bits per heavy atom. The third-order valence-corrected chi connectivity index (χ3v) is 4.50. The molecule has 122 valence electrons. The highest BCUT2D eigenvalue weighted by Gasteiger charge is 2.05. The monoisotopic (exact) mass is 339 g/mol. The normalized spacial score (nSPS) is 10.2. The van der Waals surface area contributed by atoms with Crippen LogP contribution in [0.25, 0.3) is 0 Å². The van der Waals surface area contributed by atoms with Gasteiger partial charge in [-0.05, 0) is 18.6 Å². The molecule has 22 heavy (non-hydrogen) atoms. The second-order valence-electron chi connectivity index (χ2n) is 5.08. The molecule has 1 aromatic rings. The van der Waals surface area contributed by atoms with Crippen molar-refractivity contribution in [3.05, 3.63) is 30.1 Å². The zero-order valence-corrected chi connectivity index (χ0v) is 14.8. The number of aromatic nitrogens is 1. The number of unbranched alkanes of at least 4 members (excludes halogenated alkanes) is 6. The molecule has 0 atom stereocenters. The van der Waals surface area contributed by atoms with Crippen molar-refractivity contribution in [1.82, 2.24) is 15.8 Å². The molecule has 4 nitrogen and oxygen atoms in total. The fourth-order valence-corrected chi connectivity index (χ4v) is 2.90. The molecule has 0 aliphatic rings. The van der Waals surface area contributed by atoms with E-state index in [0.29, 0.717) is 9.88 Å². The lowest BCUT2D eigenvalue weighted by Crippen LogP contribution is -2.39. The van der Waals surface area contributed by atoms with E-state index in [0.717, 1.165) is 12.2 Å². The maximum atomic E-state index is 11.8. The number of nitrogens with zero attached hydrogens (tertiary/aromatic N) is 1. The van der Waals surface area contributed by atoms with Crippen LogP contribution in [0.3, 0.4) is 0 Å². The van der Waals surface area contributed by atoms with E-state index in [1.54, 1.807) is 30.1 Å². The molecule has 0 aliphatic carbocycles. The number of pyridine rings is 1. The Bertz CT molecular complexity index is 440. The molecule has 0 aromatic carbocycles. The number of hydrogen-bond acceptors (Lipinski definition) is 4. The van der Waals surface area contributed by atoms with Crippen LogP contribution in [0.5, 0.6) is 0 Å². The van der Waals surface area contributed by atoms with Gasteiger partial charge in [-0.3, -0.25) is 20.6 Å². The number of thiocarbonyl (C=S) groups is 1. The Labute approximate surface area is 142 Å². The second-order valence-corrected chi connectivity index (χ2v) is 6.85. The number of carbonyl (C=O) groups is 1. The Morgan fingerprint density at radius 3 is 2.59 bits per heavy atom. The lowest BCUT2D eigenvalue weighted by Gasteiger charge is -2.09. The maximum absolute atomic E-state index is 11.8. The minimum atomic E-state index is -0.230. The molecule has 0 unspecified atom stereocenters. The summed E-state index contributed by atoms with van der Waals surface area (Å²) >= 11 is 6.75. The van der Waals surface area contributed by atoms with E-state index in [-0.39, 0.29) is 5.91 Å². The molecule has 0 fully saturated rings. The van der Waals surface area contributed by atoms with E-state index >= 15 is 0 Å². The summed E-state index contributed by atoms with van der Waals surface area (Å²) in [6, 6.07) is 3.43. The predicted octanol–water partition coefficient (Wildman–Crippen LogP) is 4.08. The predicted molar refractivity (Wildman–Crippen MR) is 97.9 cm³/mol. The summed E-state index contributed by atoms with van der Waals surface area (Å²) in [5.74, 6) is 0.759. The summed E-state index contributed by atoms with van der Waals surface area (Å²) in [5.41, 5.74) is 5.86. The van der Waals surface area contributed by atoms with Crippen LogP contribution < -0.4 is 10.9 Å². The molecular formula is C16H25N3OS2. The molecule has 0 radical (unpaired) electrons. The van der Waals surface area contributed by atoms with Gasteiger partial charge in [0.2, 0.25) is 0 Å². The van der Waals surface area contributed by atoms with Crippen molar-refractivity contribution < 1.29 is 4.79 Å². The van der Waals surface area contributed by atoms with Crippen molar-refractivity contribution in [2.45, 2.75) is 51.9 Å². The summed E-state index contributed by atoms with van der Waals surface area (Å²) in [5, 5.41) is 0. The molecule has 0 spiro atoms. The van der Waals surface area contributed by atoms with Crippen LogP contribution in [-0.4, -0.2) is 21.0 Å². The van der Waals surface area contributed by atoms with Gasteiger partial charge >= 0.3 is 0 Å². The summed E-state index contributed by atoms with van der Waals surface area (Å²) < 4.78 is 0.600. The summed E-state index contributed by atoms with van der Waals surface area (Å²) in [7, 11) is 0. The molecule has 1 aromatic heterocycles. The van der Waals surface area contributed by atoms with Gasteiger partial charge in [-0.25, -0.2) is 0 Å². The Kier molecular flexibility index (Phi) is 10.7. The minimum Gasteiger partial charge on any atom is -0.283 e. The van der Waals surface area contributed by atoms with E-state index in [1.807, 2.05) is 0 Å². The molecule has 1 rings (SSSR count). The quantitative estimate of drug-likeness (QED) is 0.403. The van der Waals surface area contributed by atoms with Crippen molar-refractivity contribution in [3.63, 3.8) is 0 Å². The highest BCUT2D eigenvalue weighted by molar-refractivity contribution is 8.22. The van der Waals surface area contributed by atoms with E-state index in [1.165, 1.54) is 44.7 Å². The van der Waals surface area contributed by atoms with Gasteiger partial charge in [0.05, 0.1) is 5.56 Å². The molecule has 6 heteroatoms. The van der Waals surface area contributed by atoms with Crippen LogP contribution >= 0.6 is 24.0 Å². The first kappa shape index (κ1) is 18.9. The van der Waals surface area contributed by atoms with Gasteiger partial charge in [0.1, 0.15) is 0 Å². The molecule has 0 saturated carbocycles. The van der Waals surface area contributed by atoms with Gasteiger partial charge in [-0.2, -0.15) is 0 Å². The van der Waals surface area contributed by atoms with E-state index in [9.17, 15) is 4.79 Å². The Hall–Kier alpha value is -1.14. The smallest absolute Gasteiger partial charge is 0.271 e. The van der Waals surface area contributed by atoms with E-state index in [4.69, 9.17) is 12.2 Å². The fourth-order valence-electron chi connectivity index (χ4n) is 1.94. The fraction of sp³-hybridized carbons (Fsp3) is 0.562. The Morgan fingerprint density at radius 1 is 1.18 bits per heavy atom. The number of rotatable bonds is 9. The number of hydrazine groups is 1. The molecule has 1 amide bonds. The van der Waals surface area contributed by atoms with Gasteiger partial charge in [-0.15, -0.1) is 0 Å². The highest BCUT2D eigenvalue weighted by Crippen LogP contribution is 2.11. The van der Waals surface area contributed by atoms with Crippen molar-refractivity contribution >= 4 is 34.2 Å². The van der Waals surface area contributed by atoms with Crippen molar-refractivity contribution in [3.8, 4) is 0 Å². The average Bonchev–Trinajstić information content (AvgIpc) is 2.56. The number of carbonyl (C=O) groups excluding carboxylic acids is 1. The molecule has 2 N–H and O–H groups in total. The standard InChI is InChI=1S/C16H25N3OS2/c1-2-3-4-5-6-7-8-12-22-16(21)19-18-15(20)14-10-9-11-17-13-14/h9-11,13H,2-8,12H2,1H3,(H,18,20)(H,19,21). The first-order valence-electron chi connectivity index (χ1n) is 7.87. The van der Waals surface area contributed by atoms with Gasteiger partial charge in [0.25, 0.3) is 5.91 Å². The van der Waals surface area contributed by atoms with Crippen LogP contribution in [-0.2, 0) is 0 Å². The van der Waals surface area contributed by atoms with E-state index < -0.39 is 0 Å². The summed E-state index contributed by atoms with van der Waals surface area (Å²) in [6.45, 7) is 2.23. The minimum absolute atomic E-state index is 0.230. The number of thioether (sulfide) groups is 1. The first-order valence-corrected chi connectivity index (χ1v) is 9.26. The first-order chi connectivity index (χ1) is 10.7. The molecule has 1 heterocycles. The van der Waals surface area contributed by atoms with E-state index in [2.05, 4.69) is 22.8 Å². The summed E-state index contributed by atoms with van der Waals surface area (Å²) in [6.07, 6.45) is 12.2. The van der Waals surface area contributed by atoms with Gasteiger partial charge < -0.3 is 0 Å². The van der Waals surface area contributed by atoms with Crippen LogP contribution in [0.4, 0.5) is 0 Å². The van der Waals surface area contributed by atoms with Gasteiger partial charge in [-0.1, -0.05) is 69.4 Å². The van der Waals surface area contributed by atoms with Crippen molar-refractivity contribution in [1.29, 1.82) is 0 Å². The molecular weight excluding hydrogens is 314 g/mol. The zero-order valence-electron chi connectivity index (χ0n) is 13.1. The van der Waals surface area contributed by atoms with Crippen LogP contribution in [0, 0.1) is 0 Å². The van der Waals surface area contributed by atoms with Crippen LogP contribution in [0.2, 0.25) is 0 Å². The molecule has 0 saturated heterocycles. The SMILES string of the molecule is CCCCCCCCCSC(=S)NNC(=O)c1cccnc1. The number of amides is 1. The number of hydrogen-bond donors (Lipinski definition) is 2. The topological polar surface area (TPSA) is 54.0 Å². The third kappa shape index (κ3) is 9.00. The average molecular weight is 340 g/mol. The molecule has 0 bridgehead atoms. The maximum Gasteiger partial charge on any atom is 0.271 e. The summed E-state index contributed by atoms with van der Waals surface area (Å²) in [4.78, 5) is 15.7. The zero-order chi connectivity index (χ0) is 16.0.